The van der Waals surface area contributed by atoms with Crippen molar-refractivity contribution in [3.63, 3.8) is 0 Å². The second-order valence-electron chi connectivity index (χ2n) is 7.12. The monoisotopic (exact) mass is 378 g/mol. The van der Waals surface area contributed by atoms with Crippen LogP contribution in [0.1, 0.15) is 13.8 Å². The maximum absolute atomic E-state index is 13.3. The van der Waals surface area contributed by atoms with E-state index in [1.54, 1.807) is 50.5 Å². The topological polar surface area (TPSA) is 66.9 Å². The first kappa shape index (κ1) is 19.4. The number of nitrogens with zero attached hydrogens (tertiary/aromatic N) is 2. The van der Waals surface area contributed by atoms with Gasteiger partial charge in [0.25, 0.3) is 5.91 Å². The highest BCUT2D eigenvalue weighted by Crippen LogP contribution is 2.35. The molecule has 144 valence electrons. The summed E-state index contributed by atoms with van der Waals surface area (Å²) in [7, 11) is 3.24. The first-order chi connectivity index (χ1) is 13.2. The minimum atomic E-state index is -1.44. The molecule has 1 heterocycles. The molecule has 1 amide bonds. The highest BCUT2D eigenvalue weighted by atomic mass is 16.6. The number of carbonyl (C=O) groups is 3. The van der Waals surface area contributed by atoms with Gasteiger partial charge in [-0.25, -0.2) is 0 Å². The molecule has 0 radical (unpaired) electrons. The van der Waals surface area contributed by atoms with Gasteiger partial charge in [0.2, 0.25) is 5.88 Å². The SMILES string of the molecule is CN(C(=O)C1=C(N(C)c2ccccc2)OC(=O)C(C)(C)C1=O)c1ccccc1. The summed E-state index contributed by atoms with van der Waals surface area (Å²) in [6.45, 7) is 2.93. The number of Topliss-reactive ketones (excluding diaryl/α,β-unsaturated/α-hetero) is 1. The van der Waals surface area contributed by atoms with Gasteiger partial charge < -0.3 is 14.5 Å². The van der Waals surface area contributed by atoms with Crippen molar-refractivity contribution in [3.8, 4) is 0 Å². The van der Waals surface area contributed by atoms with Crippen LogP contribution in [0.5, 0.6) is 0 Å². The fourth-order valence-electron chi connectivity index (χ4n) is 2.90. The number of ether oxygens (including phenoxy) is 1. The van der Waals surface area contributed by atoms with Gasteiger partial charge in [0.1, 0.15) is 11.0 Å². The fraction of sp³-hybridized carbons (Fsp3) is 0.227. The first-order valence-corrected chi connectivity index (χ1v) is 8.88. The van der Waals surface area contributed by atoms with Crippen molar-refractivity contribution in [2.24, 2.45) is 5.41 Å². The molecular formula is C22H22N2O4. The third-order valence-corrected chi connectivity index (χ3v) is 4.82. The molecule has 1 aliphatic heterocycles. The second-order valence-corrected chi connectivity index (χ2v) is 7.12. The number of para-hydroxylation sites is 2. The third-order valence-electron chi connectivity index (χ3n) is 4.82. The molecule has 0 unspecified atom stereocenters. The van der Waals surface area contributed by atoms with Crippen LogP contribution in [0.3, 0.4) is 0 Å². The standard InChI is InChI=1S/C22H22N2O4/c1-22(2)18(25)17(19(26)23(3)15-11-7-5-8-12-15)20(28-21(22)27)24(4)16-13-9-6-10-14-16/h5-14H,1-4H3. The summed E-state index contributed by atoms with van der Waals surface area (Å²) in [5.41, 5.74) is -0.277. The van der Waals surface area contributed by atoms with E-state index in [4.69, 9.17) is 4.74 Å². The summed E-state index contributed by atoms with van der Waals surface area (Å²) in [5.74, 6) is -1.84. The van der Waals surface area contributed by atoms with E-state index in [1.165, 1.54) is 23.6 Å². The van der Waals surface area contributed by atoms with Crippen LogP contribution in [0.25, 0.3) is 0 Å². The lowest BCUT2D eigenvalue weighted by Gasteiger charge is -2.34. The predicted octanol–water partition coefficient (Wildman–Crippen LogP) is 3.15. The van der Waals surface area contributed by atoms with Crippen LogP contribution in [0.4, 0.5) is 11.4 Å². The lowest BCUT2D eigenvalue weighted by molar-refractivity contribution is -0.156. The number of amides is 1. The molecule has 2 aromatic rings. The first-order valence-electron chi connectivity index (χ1n) is 8.88. The van der Waals surface area contributed by atoms with Crippen molar-refractivity contribution in [1.29, 1.82) is 0 Å². The Morgan fingerprint density at radius 1 is 0.857 bits per heavy atom. The molecule has 3 rings (SSSR count). The van der Waals surface area contributed by atoms with E-state index in [0.29, 0.717) is 11.4 Å². The summed E-state index contributed by atoms with van der Waals surface area (Å²) in [4.78, 5) is 41.8. The Hall–Kier alpha value is -3.41. The molecule has 6 heteroatoms. The summed E-state index contributed by atoms with van der Waals surface area (Å²) < 4.78 is 5.51. The van der Waals surface area contributed by atoms with E-state index in [2.05, 4.69) is 0 Å². The maximum atomic E-state index is 13.3. The van der Waals surface area contributed by atoms with Crippen molar-refractivity contribution in [2.45, 2.75) is 13.8 Å². The third kappa shape index (κ3) is 3.29. The van der Waals surface area contributed by atoms with Crippen LogP contribution in [0.2, 0.25) is 0 Å². The number of benzene rings is 2. The Morgan fingerprint density at radius 2 is 1.36 bits per heavy atom. The number of esters is 1. The Kier molecular flexibility index (Phi) is 5.05. The number of carbonyl (C=O) groups excluding carboxylic acids is 3. The van der Waals surface area contributed by atoms with Crippen molar-refractivity contribution in [2.75, 3.05) is 23.9 Å². The van der Waals surface area contributed by atoms with Gasteiger partial charge in [0, 0.05) is 25.5 Å². The van der Waals surface area contributed by atoms with Crippen molar-refractivity contribution in [1.82, 2.24) is 0 Å². The van der Waals surface area contributed by atoms with Crippen molar-refractivity contribution >= 4 is 29.0 Å². The van der Waals surface area contributed by atoms with Crippen LogP contribution < -0.4 is 9.80 Å². The Labute approximate surface area is 164 Å². The summed E-state index contributed by atoms with van der Waals surface area (Å²) in [5, 5.41) is 0. The quantitative estimate of drug-likeness (QED) is 0.464. The lowest BCUT2D eigenvalue weighted by Crippen LogP contribution is -2.47. The molecule has 0 aliphatic carbocycles. The Bertz CT molecular complexity index is 949. The van der Waals surface area contributed by atoms with Crippen LogP contribution in [0.15, 0.2) is 72.1 Å². The van der Waals surface area contributed by atoms with E-state index in [9.17, 15) is 14.4 Å². The van der Waals surface area contributed by atoms with Crippen LogP contribution in [-0.4, -0.2) is 31.8 Å². The Balaban J connectivity index is 2.13. The van der Waals surface area contributed by atoms with Crippen LogP contribution >= 0.6 is 0 Å². The minimum Gasteiger partial charge on any atom is -0.408 e. The molecule has 0 saturated heterocycles. The molecule has 0 fully saturated rings. The van der Waals surface area contributed by atoms with Gasteiger partial charge in [0.05, 0.1) is 0 Å². The van der Waals surface area contributed by atoms with Gasteiger partial charge in [-0.1, -0.05) is 36.4 Å². The molecule has 0 aromatic heterocycles. The normalized spacial score (nSPS) is 15.9. The average molecular weight is 378 g/mol. The van der Waals surface area contributed by atoms with Gasteiger partial charge in [-0.3, -0.25) is 14.4 Å². The van der Waals surface area contributed by atoms with Gasteiger partial charge in [0.15, 0.2) is 5.78 Å². The summed E-state index contributed by atoms with van der Waals surface area (Å²) in [6.07, 6.45) is 0. The molecule has 2 aromatic carbocycles. The van der Waals surface area contributed by atoms with Crippen LogP contribution in [-0.2, 0) is 19.1 Å². The summed E-state index contributed by atoms with van der Waals surface area (Å²) in [6, 6.07) is 18.1. The number of ketones is 1. The molecule has 0 spiro atoms. The fourth-order valence-corrected chi connectivity index (χ4v) is 2.90. The lowest BCUT2D eigenvalue weighted by atomic mass is 9.82. The number of hydrogen-bond acceptors (Lipinski definition) is 5. The number of hydrogen-bond donors (Lipinski definition) is 0. The number of likely N-dealkylation sites (N-methyl/N-ethyl adjacent to an activating group) is 1. The highest BCUT2D eigenvalue weighted by molar-refractivity contribution is 6.30. The van der Waals surface area contributed by atoms with Crippen molar-refractivity contribution < 1.29 is 19.1 Å². The van der Waals surface area contributed by atoms with Gasteiger partial charge >= 0.3 is 5.97 Å². The largest absolute Gasteiger partial charge is 0.408 e. The smallest absolute Gasteiger partial charge is 0.326 e. The molecule has 0 N–H and O–H groups in total. The molecular weight excluding hydrogens is 356 g/mol. The maximum Gasteiger partial charge on any atom is 0.326 e. The predicted molar refractivity (Wildman–Crippen MR) is 107 cm³/mol. The molecule has 28 heavy (non-hydrogen) atoms. The zero-order chi connectivity index (χ0) is 20.5. The molecule has 0 bridgehead atoms. The Morgan fingerprint density at radius 3 is 1.89 bits per heavy atom. The van der Waals surface area contributed by atoms with Crippen LogP contribution in [0, 0.1) is 5.41 Å². The van der Waals surface area contributed by atoms with E-state index in [1.807, 2.05) is 24.3 Å². The van der Waals surface area contributed by atoms with E-state index in [-0.39, 0.29) is 11.5 Å². The minimum absolute atomic E-state index is 0.0618. The van der Waals surface area contributed by atoms with E-state index >= 15 is 0 Å². The zero-order valence-corrected chi connectivity index (χ0v) is 16.3. The molecule has 0 atom stereocenters. The molecule has 1 aliphatic rings. The molecule has 0 saturated carbocycles. The number of cyclic esters (lactones) is 1. The average Bonchev–Trinajstić information content (AvgIpc) is 2.72. The number of rotatable bonds is 4. The second kappa shape index (κ2) is 7.31. The number of anilines is 2. The summed E-state index contributed by atoms with van der Waals surface area (Å²) >= 11 is 0. The molecule has 6 nitrogen and oxygen atoms in total. The van der Waals surface area contributed by atoms with E-state index in [0.717, 1.165) is 0 Å². The van der Waals surface area contributed by atoms with Gasteiger partial charge in [-0.2, -0.15) is 0 Å². The zero-order valence-electron chi connectivity index (χ0n) is 16.3. The highest BCUT2D eigenvalue weighted by Gasteiger charge is 2.49. The van der Waals surface area contributed by atoms with Gasteiger partial charge in [-0.05, 0) is 38.1 Å². The van der Waals surface area contributed by atoms with E-state index < -0.39 is 23.1 Å². The van der Waals surface area contributed by atoms with Crippen molar-refractivity contribution in [3.05, 3.63) is 72.1 Å². The van der Waals surface area contributed by atoms with Gasteiger partial charge in [-0.15, -0.1) is 0 Å².